The van der Waals surface area contributed by atoms with E-state index in [2.05, 4.69) is 20.7 Å². The van der Waals surface area contributed by atoms with Gasteiger partial charge in [0.25, 0.3) is 0 Å². The van der Waals surface area contributed by atoms with E-state index in [1.54, 1.807) is 7.11 Å². The first kappa shape index (κ1) is 18.2. The van der Waals surface area contributed by atoms with Gasteiger partial charge in [0.1, 0.15) is 5.82 Å². The molecule has 3 aromatic rings. The summed E-state index contributed by atoms with van der Waals surface area (Å²) in [5.41, 5.74) is 2.02. The molecule has 1 aromatic carbocycles. The summed E-state index contributed by atoms with van der Waals surface area (Å²) in [5, 5.41) is 10.7. The Balaban J connectivity index is 1.76. The molecule has 3 rings (SSSR count). The summed E-state index contributed by atoms with van der Waals surface area (Å²) >= 11 is 5.99. The number of aromatic nitrogens is 3. The molecule has 0 bridgehead atoms. The minimum absolute atomic E-state index is 0.709. The molecule has 0 spiro atoms. The van der Waals surface area contributed by atoms with Crippen LogP contribution in [-0.2, 0) is 4.74 Å². The van der Waals surface area contributed by atoms with Crippen LogP contribution < -0.4 is 15.3 Å². The Morgan fingerprint density at radius 3 is 2.69 bits per heavy atom. The van der Waals surface area contributed by atoms with Crippen molar-refractivity contribution in [3.63, 3.8) is 0 Å². The Morgan fingerprint density at radius 2 is 1.92 bits per heavy atom. The van der Waals surface area contributed by atoms with Crippen LogP contribution in [0.15, 0.2) is 48.5 Å². The third kappa shape index (κ3) is 4.74. The molecule has 6 nitrogen and oxygen atoms in total. The van der Waals surface area contributed by atoms with E-state index in [0.29, 0.717) is 5.02 Å². The number of ether oxygens (including phenoxy) is 1. The van der Waals surface area contributed by atoms with Gasteiger partial charge in [0.05, 0.1) is 11.8 Å². The third-order valence-corrected chi connectivity index (χ3v) is 4.06. The van der Waals surface area contributed by atoms with Gasteiger partial charge >= 0.3 is 5.82 Å². The summed E-state index contributed by atoms with van der Waals surface area (Å²) < 4.78 is 7.02. The van der Waals surface area contributed by atoms with Gasteiger partial charge in [0.15, 0.2) is 5.69 Å². The first-order valence-corrected chi connectivity index (χ1v) is 8.88. The predicted molar refractivity (Wildman–Crippen MR) is 105 cm³/mol. The minimum Gasteiger partial charge on any atom is -0.385 e. The number of hydrogen-bond donors (Lipinski definition) is 3. The lowest BCUT2D eigenvalue weighted by Crippen LogP contribution is -2.35. The highest BCUT2D eigenvalue weighted by molar-refractivity contribution is 6.30. The van der Waals surface area contributed by atoms with Crippen LogP contribution in [0.1, 0.15) is 12.1 Å². The summed E-state index contributed by atoms with van der Waals surface area (Å²) in [6.45, 7) is 3.56. The topological polar surface area (TPSA) is 65.8 Å². The molecule has 2 aromatic heterocycles. The number of H-pyrrole nitrogens is 1. The molecule has 0 aliphatic heterocycles. The minimum atomic E-state index is 0.709. The van der Waals surface area contributed by atoms with Crippen molar-refractivity contribution in [3.05, 3.63) is 59.2 Å². The number of rotatable bonds is 8. The summed E-state index contributed by atoms with van der Waals surface area (Å²) in [7, 11) is 1.71. The molecule has 0 amide bonds. The van der Waals surface area contributed by atoms with Crippen molar-refractivity contribution in [2.75, 3.05) is 30.9 Å². The van der Waals surface area contributed by atoms with Gasteiger partial charge in [-0.1, -0.05) is 17.7 Å². The lowest BCUT2D eigenvalue weighted by molar-refractivity contribution is -0.641. The van der Waals surface area contributed by atoms with E-state index in [0.717, 1.165) is 48.4 Å². The standard InChI is InChI=1S/C19H22ClN5O/c1-14-13-19(25(24-14)16-9-7-15(20)8-10-16)23-18-6-3-5-17(22-18)21-11-4-12-26-2/h3,5-10,13H,4,11-12H2,1-2H3,(H2,21,22,23,24)/p+1. The van der Waals surface area contributed by atoms with Crippen molar-refractivity contribution in [2.45, 2.75) is 13.3 Å². The maximum atomic E-state index is 5.99. The number of halogens is 1. The zero-order valence-corrected chi connectivity index (χ0v) is 15.7. The number of anilines is 3. The number of methoxy groups -OCH3 is 1. The number of hydrogen-bond acceptors (Lipinski definition) is 4. The number of aryl methyl sites for hydroxylation is 1. The molecule has 136 valence electrons. The van der Waals surface area contributed by atoms with Gasteiger partial charge in [0, 0.05) is 31.4 Å². The molecular weight excluding hydrogens is 350 g/mol. The van der Waals surface area contributed by atoms with Gasteiger partial charge in [-0.15, -0.1) is 4.68 Å². The van der Waals surface area contributed by atoms with Crippen LogP contribution in [0.2, 0.25) is 5.02 Å². The van der Waals surface area contributed by atoms with Crippen LogP contribution in [0.25, 0.3) is 5.69 Å². The van der Waals surface area contributed by atoms with Crippen LogP contribution in [0, 0.1) is 6.92 Å². The second kappa shape index (κ2) is 8.69. The molecular formula is C19H23ClN5O+. The second-order valence-corrected chi connectivity index (χ2v) is 6.38. The quantitative estimate of drug-likeness (QED) is 0.415. The Hall–Kier alpha value is -2.57. The van der Waals surface area contributed by atoms with E-state index in [9.17, 15) is 0 Å². The van der Waals surface area contributed by atoms with Crippen molar-refractivity contribution in [3.8, 4) is 5.69 Å². The zero-order valence-electron chi connectivity index (χ0n) is 14.9. The van der Waals surface area contributed by atoms with Crippen LogP contribution >= 0.6 is 11.6 Å². The van der Waals surface area contributed by atoms with E-state index in [-0.39, 0.29) is 0 Å². The first-order valence-electron chi connectivity index (χ1n) is 8.50. The molecule has 0 aliphatic rings. The van der Waals surface area contributed by atoms with Crippen LogP contribution in [0.3, 0.4) is 0 Å². The SMILES string of the molecule is COCCCNc1cccc(Nc2cc(C)[nH][n+]2-c2ccc(Cl)cc2)n1. The maximum absolute atomic E-state index is 5.99. The highest BCUT2D eigenvalue weighted by Crippen LogP contribution is 2.17. The molecule has 7 heteroatoms. The van der Waals surface area contributed by atoms with Crippen LogP contribution in [0.4, 0.5) is 17.5 Å². The van der Waals surface area contributed by atoms with Gasteiger partial charge in [-0.3, -0.25) is 0 Å². The monoisotopic (exact) mass is 372 g/mol. The first-order chi connectivity index (χ1) is 12.7. The number of nitrogens with zero attached hydrogens (tertiary/aromatic N) is 2. The second-order valence-electron chi connectivity index (χ2n) is 5.94. The summed E-state index contributed by atoms with van der Waals surface area (Å²) in [6.07, 6.45) is 0.934. The lowest BCUT2D eigenvalue weighted by atomic mass is 10.3. The normalized spacial score (nSPS) is 10.7. The van der Waals surface area contributed by atoms with Crippen molar-refractivity contribution in [1.82, 2.24) is 10.1 Å². The predicted octanol–water partition coefficient (Wildman–Crippen LogP) is 3.84. The van der Waals surface area contributed by atoms with Gasteiger partial charge in [-0.25, -0.2) is 10.4 Å². The van der Waals surface area contributed by atoms with Crippen molar-refractivity contribution < 1.29 is 9.42 Å². The van der Waals surface area contributed by atoms with Gasteiger partial charge in [-0.05, 0) is 43.7 Å². The fourth-order valence-electron chi connectivity index (χ4n) is 2.59. The molecule has 0 saturated heterocycles. The molecule has 2 heterocycles. The molecule has 0 unspecified atom stereocenters. The average Bonchev–Trinajstić information content (AvgIpc) is 3.00. The van der Waals surface area contributed by atoms with E-state index in [4.69, 9.17) is 16.3 Å². The Morgan fingerprint density at radius 1 is 1.15 bits per heavy atom. The van der Waals surface area contributed by atoms with Crippen molar-refractivity contribution in [1.29, 1.82) is 0 Å². The van der Waals surface area contributed by atoms with E-state index in [1.807, 2.05) is 60.1 Å². The molecule has 26 heavy (non-hydrogen) atoms. The molecule has 0 saturated carbocycles. The highest BCUT2D eigenvalue weighted by Gasteiger charge is 2.16. The van der Waals surface area contributed by atoms with Crippen LogP contribution in [0.5, 0.6) is 0 Å². The average molecular weight is 373 g/mol. The zero-order chi connectivity index (χ0) is 18.4. The smallest absolute Gasteiger partial charge is 0.306 e. The third-order valence-electron chi connectivity index (χ3n) is 3.80. The number of nitrogens with one attached hydrogen (secondary N) is 3. The molecule has 0 radical (unpaired) electrons. The summed E-state index contributed by atoms with van der Waals surface area (Å²) in [5.74, 6) is 2.49. The molecule has 0 atom stereocenters. The van der Waals surface area contributed by atoms with E-state index in [1.165, 1.54) is 0 Å². The summed E-state index contributed by atoms with van der Waals surface area (Å²) in [6, 6.07) is 15.6. The number of benzene rings is 1. The Kier molecular flexibility index (Phi) is 6.09. The number of pyridine rings is 1. The molecule has 0 aliphatic carbocycles. The van der Waals surface area contributed by atoms with E-state index >= 15 is 0 Å². The Labute approximate surface area is 158 Å². The largest absolute Gasteiger partial charge is 0.385 e. The van der Waals surface area contributed by atoms with Gasteiger partial charge in [0.2, 0.25) is 5.82 Å². The fraction of sp³-hybridized carbons (Fsp3) is 0.263. The van der Waals surface area contributed by atoms with E-state index < -0.39 is 0 Å². The lowest BCUT2D eigenvalue weighted by Gasteiger charge is -2.06. The van der Waals surface area contributed by atoms with Gasteiger partial charge < -0.3 is 10.1 Å². The fourth-order valence-corrected chi connectivity index (χ4v) is 2.72. The van der Waals surface area contributed by atoms with Crippen LogP contribution in [-0.4, -0.2) is 30.3 Å². The van der Waals surface area contributed by atoms with Crippen molar-refractivity contribution >= 4 is 29.1 Å². The Bertz CT molecular complexity index is 847. The van der Waals surface area contributed by atoms with Gasteiger partial charge in [-0.2, -0.15) is 4.98 Å². The molecule has 3 N–H and O–H groups in total. The van der Waals surface area contributed by atoms with Crippen molar-refractivity contribution in [2.24, 2.45) is 0 Å². The highest BCUT2D eigenvalue weighted by atomic mass is 35.5. The molecule has 0 fully saturated rings. The maximum Gasteiger partial charge on any atom is 0.306 e. The summed E-state index contributed by atoms with van der Waals surface area (Å²) in [4.78, 5) is 4.61. The number of aromatic amines is 1.